The van der Waals surface area contributed by atoms with Gasteiger partial charge in [0.2, 0.25) is 5.91 Å². The summed E-state index contributed by atoms with van der Waals surface area (Å²) in [5.41, 5.74) is 0.465. The van der Waals surface area contributed by atoms with Gasteiger partial charge in [0.15, 0.2) is 0 Å². The van der Waals surface area contributed by atoms with E-state index in [0.717, 1.165) is 12.8 Å². The molecule has 5 heteroatoms. The fraction of sp³-hybridized carbons (Fsp3) is 0.579. The van der Waals surface area contributed by atoms with E-state index in [0.29, 0.717) is 12.1 Å². The third-order valence-corrected chi connectivity index (χ3v) is 3.92. The molecule has 1 aromatic rings. The van der Waals surface area contributed by atoms with Crippen molar-refractivity contribution in [1.82, 2.24) is 10.6 Å². The molecule has 0 aromatic heterocycles. The molecule has 0 aliphatic heterocycles. The highest BCUT2D eigenvalue weighted by molar-refractivity contribution is 5.97. The summed E-state index contributed by atoms with van der Waals surface area (Å²) >= 11 is 0. The fourth-order valence-electron chi connectivity index (χ4n) is 2.45. The van der Waals surface area contributed by atoms with Gasteiger partial charge in [-0.15, -0.1) is 0 Å². The van der Waals surface area contributed by atoms with Crippen LogP contribution in [0.3, 0.4) is 0 Å². The first-order valence-corrected chi connectivity index (χ1v) is 8.88. The highest BCUT2D eigenvalue weighted by Crippen LogP contribution is 2.05. The van der Waals surface area contributed by atoms with Crippen LogP contribution in [0.2, 0.25) is 0 Å². The molecule has 0 spiro atoms. The number of aliphatic hydroxyl groups excluding tert-OH is 1. The van der Waals surface area contributed by atoms with Crippen molar-refractivity contribution in [3.05, 3.63) is 35.9 Å². The lowest BCUT2D eigenvalue weighted by atomic mass is 10.1. The predicted octanol–water partition coefficient (Wildman–Crippen LogP) is 2.64. The van der Waals surface area contributed by atoms with Crippen LogP contribution in [0.4, 0.5) is 0 Å². The first-order valence-electron chi connectivity index (χ1n) is 8.88. The first kappa shape index (κ1) is 20.2. The Hall–Kier alpha value is -1.88. The van der Waals surface area contributed by atoms with Crippen LogP contribution in [-0.2, 0) is 4.79 Å². The van der Waals surface area contributed by atoms with Crippen LogP contribution < -0.4 is 10.6 Å². The summed E-state index contributed by atoms with van der Waals surface area (Å²) in [6.07, 6.45) is 5.91. The van der Waals surface area contributed by atoms with Crippen LogP contribution in [-0.4, -0.2) is 35.6 Å². The molecule has 0 saturated heterocycles. The third kappa shape index (κ3) is 7.59. The summed E-state index contributed by atoms with van der Waals surface area (Å²) in [5, 5.41) is 15.2. The van der Waals surface area contributed by atoms with Gasteiger partial charge >= 0.3 is 0 Å². The summed E-state index contributed by atoms with van der Waals surface area (Å²) in [4.78, 5) is 24.3. The van der Waals surface area contributed by atoms with Crippen LogP contribution in [0.1, 0.15) is 62.7 Å². The molecule has 1 aromatic carbocycles. The van der Waals surface area contributed by atoms with Crippen LogP contribution >= 0.6 is 0 Å². The van der Waals surface area contributed by atoms with Crippen molar-refractivity contribution in [2.45, 2.75) is 64.5 Å². The van der Waals surface area contributed by atoms with Crippen molar-refractivity contribution in [2.24, 2.45) is 0 Å². The fourth-order valence-corrected chi connectivity index (χ4v) is 2.45. The van der Waals surface area contributed by atoms with Gasteiger partial charge in [0.25, 0.3) is 5.91 Å². The van der Waals surface area contributed by atoms with Gasteiger partial charge in [-0.25, -0.2) is 0 Å². The predicted molar refractivity (Wildman–Crippen MR) is 95.8 cm³/mol. The number of carbonyl (C=O) groups excluding carboxylic acids is 2. The van der Waals surface area contributed by atoms with E-state index < -0.39 is 12.1 Å². The number of aliphatic hydroxyl groups is 1. The second kappa shape index (κ2) is 11.6. The number of unbranched alkanes of at least 4 members (excludes halogenated alkanes) is 5. The van der Waals surface area contributed by atoms with E-state index in [-0.39, 0.29) is 11.8 Å². The number of rotatable bonds is 11. The second-order valence-corrected chi connectivity index (χ2v) is 6.12. The molecule has 0 aliphatic rings. The summed E-state index contributed by atoms with van der Waals surface area (Å²) in [7, 11) is 0. The monoisotopic (exact) mass is 334 g/mol. The van der Waals surface area contributed by atoms with Crippen molar-refractivity contribution >= 4 is 11.8 Å². The molecule has 5 nitrogen and oxygen atoms in total. The average molecular weight is 334 g/mol. The Bertz CT molecular complexity index is 489. The molecule has 0 radical (unpaired) electrons. The van der Waals surface area contributed by atoms with Gasteiger partial charge in [-0.05, 0) is 25.5 Å². The Morgan fingerprint density at radius 3 is 2.29 bits per heavy atom. The zero-order valence-electron chi connectivity index (χ0n) is 14.8. The molecular formula is C19H30N2O3. The van der Waals surface area contributed by atoms with Gasteiger partial charge in [0.1, 0.15) is 6.04 Å². The summed E-state index contributed by atoms with van der Waals surface area (Å²) in [5.74, 6) is -0.709. The van der Waals surface area contributed by atoms with E-state index in [2.05, 4.69) is 17.6 Å². The van der Waals surface area contributed by atoms with E-state index in [1.807, 2.05) is 6.07 Å². The number of amides is 2. The normalized spacial score (nSPS) is 13.1. The number of nitrogens with one attached hydrogen (secondary N) is 2. The van der Waals surface area contributed by atoms with Crippen LogP contribution in [0, 0.1) is 0 Å². The minimum absolute atomic E-state index is 0.345. The molecule has 0 aliphatic carbocycles. The maximum absolute atomic E-state index is 12.2. The number of hydrogen-bond donors (Lipinski definition) is 3. The van der Waals surface area contributed by atoms with Gasteiger partial charge in [-0.2, -0.15) is 0 Å². The van der Waals surface area contributed by atoms with Gasteiger partial charge in [-0.1, -0.05) is 57.2 Å². The van der Waals surface area contributed by atoms with E-state index in [1.165, 1.54) is 32.6 Å². The smallest absolute Gasteiger partial charge is 0.252 e. The molecule has 24 heavy (non-hydrogen) atoms. The van der Waals surface area contributed by atoms with Crippen molar-refractivity contribution in [3.8, 4) is 0 Å². The Morgan fingerprint density at radius 2 is 1.67 bits per heavy atom. The minimum Gasteiger partial charge on any atom is -0.391 e. The van der Waals surface area contributed by atoms with Crippen LogP contribution in [0.5, 0.6) is 0 Å². The summed E-state index contributed by atoms with van der Waals surface area (Å²) in [6, 6.07) is 7.72. The molecule has 0 unspecified atom stereocenters. The van der Waals surface area contributed by atoms with E-state index in [9.17, 15) is 14.7 Å². The number of hydrogen-bond acceptors (Lipinski definition) is 3. The topological polar surface area (TPSA) is 78.4 Å². The van der Waals surface area contributed by atoms with E-state index >= 15 is 0 Å². The van der Waals surface area contributed by atoms with Crippen molar-refractivity contribution < 1.29 is 14.7 Å². The number of carbonyl (C=O) groups is 2. The molecule has 1 rings (SSSR count). The molecule has 0 heterocycles. The maximum Gasteiger partial charge on any atom is 0.252 e. The van der Waals surface area contributed by atoms with Gasteiger partial charge in [0.05, 0.1) is 6.10 Å². The first-order chi connectivity index (χ1) is 11.6. The highest BCUT2D eigenvalue weighted by atomic mass is 16.3. The lowest BCUT2D eigenvalue weighted by Crippen LogP contribution is -2.52. The van der Waals surface area contributed by atoms with Crippen LogP contribution in [0.25, 0.3) is 0 Å². The Balaban J connectivity index is 2.38. The summed E-state index contributed by atoms with van der Waals surface area (Å²) < 4.78 is 0. The Kier molecular flexibility index (Phi) is 9.77. The molecular weight excluding hydrogens is 304 g/mol. The van der Waals surface area contributed by atoms with Crippen LogP contribution in [0.15, 0.2) is 30.3 Å². The zero-order chi connectivity index (χ0) is 17.8. The SMILES string of the molecule is CCCCCCCCNC(=O)[C@@H](NC(=O)c1ccccc1)[C@@H](C)O. The van der Waals surface area contributed by atoms with Crippen molar-refractivity contribution in [1.29, 1.82) is 0 Å². The minimum atomic E-state index is -0.956. The van der Waals surface area contributed by atoms with Gasteiger partial charge < -0.3 is 15.7 Å². The second-order valence-electron chi connectivity index (χ2n) is 6.12. The molecule has 0 saturated carbocycles. The van der Waals surface area contributed by atoms with Crippen molar-refractivity contribution in [3.63, 3.8) is 0 Å². The molecule has 2 amide bonds. The third-order valence-electron chi connectivity index (χ3n) is 3.92. The van der Waals surface area contributed by atoms with E-state index in [4.69, 9.17) is 0 Å². The zero-order valence-corrected chi connectivity index (χ0v) is 14.8. The largest absolute Gasteiger partial charge is 0.391 e. The maximum atomic E-state index is 12.2. The average Bonchev–Trinajstić information content (AvgIpc) is 2.59. The van der Waals surface area contributed by atoms with Gasteiger partial charge in [-0.3, -0.25) is 9.59 Å². The van der Waals surface area contributed by atoms with E-state index in [1.54, 1.807) is 24.3 Å². The Morgan fingerprint density at radius 1 is 1.04 bits per heavy atom. The lowest BCUT2D eigenvalue weighted by Gasteiger charge is -2.21. The molecule has 0 fully saturated rings. The lowest BCUT2D eigenvalue weighted by molar-refractivity contribution is -0.125. The standard InChI is InChI=1S/C19H30N2O3/c1-3-4-5-6-7-11-14-20-19(24)17(15(2)22)21-18(23)16-12-9-8-10-13-16/h8-10,12-13,15,17,22H,3-7,11,14H2,1-2H3,(H,20,24)(H,21,23)/t15-,17+/m1/s1. The molecule has 0 bridgehead atoms. The molecule has 2 atom stereocenters. The van der Waals surface area contributed by atoms with Crippen molar-refractivity contribution in [2.75, 3.05) is 6.54 Å². The van der Waals surface area contributed by atoms with Gasteiger partial charge in [0, 0.05) is 12.1 Å². The molecule has 134 valence electrons. The Labute approximate surface area is 144 Å². The summed E-state index contributed by atoms with van der Waals surface area (Å²) in [6.45, 7) is 4.25. The quantitative estimate of drug-likeness (QED) is 0.544. The number of benzene rings is 1. The molecule has 3 N–H and O–H groups in total. The highest BCUT2D eigenvalue weighted by Gasteiger charge is 2.25.